The zero-order valence-electron chi connectivity index (χ0n) is 14.5. The van der Waals surface area contributed by atoms with E-state index in [0.717, 1.165) is 12.0 Å². The highest BCUT2D eigenvalue weighted by Crippen LogP contribution is 2.35. The number of halogens is 1. The van der Waals surface area contributed by atoms with E-state index in [1.54, 1.807) is 24.5 Å². The number of aromatic nitrogens is 1. The van der Waals surface area contributed by atoms with E-state index in [1.807, 2.05) is 12.1 Å². The van der Waals surface area contributed by atoms with E-state index in [9.17, 15) is 19.4 Å². The van der Waals surface area contributed by atoms with Crippen LogP contribution in [0.4, 0.5) is 4.39 Å². The molecule has 1 saturated heterocycles. The summed E-state index contributed by atoms with van der Waals surface area (Å²) in [4.78, 5) is 18.3. The minimum Gasteiger partial charge on any atom is -0.481 e. The first-order valence-electron chi connectivity index (χ1n) is 8.77. The van der Waals surface area contributed by atoms with Crippen LogP contribution in [0.25, 0.3) is 0 Å². The van der Waals surface area contributed by atoms with Crippen LogP contribution in [0.1, 0.15) is 17.5 Å². The third-order valence-electron chi connectivity index (χ3n) is 5.14. The number of aliphatic hydroxyl groups is 1. The predicted octanol–water partition coefficient (Wildman–Crippen LogP) is 2.14. The van der Waals surface area contributed by atoms with Crippen molar-refractivity contribution in [1.29, 1.82) is 0 Å². The van der Waals surface area contributed by atoms with Gasteiger partial charge in [-0.25, -0.2) is 4.39 Å². The van der Waals surface area contributed by atoms with E-state index in [4.69, 9.17) is 0 Å². The van der Waals surface area contributed by atoms with Gasteiger partial charge in [-0.3, -0.25) is 9.78 Å². The SMILES string of the molecule is O=C(O)[C@]1(Cc2cccc(F)c2)CN(CCc2cccnc2)CC[C@@H]1O. The second kappa shape index (κ2) is 7.93. The van der Waals surface area contributed by atoms with Gasteiger partial charge >= 0.3 is 5.97 Å². The summed E-state index contributed by atoms with van der Waals surface area (Å²) in [6.07, 6.45) is 3.81. The molecule has 2 heterocycles. The number of pyridine rings is 1. The van der Waals surface area contributed by atoms with Crippen LogP contribution in [0.3, 0.4) is 0 Å². The van der Waals surface area contributed by atoms with Crippen molar-refractivity contribution in [3.05, 3.63) is 65.7 Å². The quantitative estimate of drug-likeness (QED) is 0.828. The molecule has 138 valence electrons. The number of piperidine rings is 1. The topological polar surface area (TPSA) is 73.7 Å². The Morgan fingerprint density at radius 1 is 1.31 bits per heavy atom. The van der Waals surface area contributed by atoms with Gasteiger partial charge in [-0.1, -0.05) is 18.2 Å². The highest BCUT2D eigenvalue weighted by Gasteiger charge is 2.49. The number of aliphatic carboxylic acids is 1. The molecule has 0 aliphatic carbocycles. The van der Waals surface area contributed by atoms with Crippen molar-refractivity contribution in [2.45, 2.75) is 25.4 Å². The van der Waals surface area contributed by atoms with E-state index in [1.165, 1.54) is 12.1 Å². The Hall–Kier alpha value is -2.31. The van der Waals surface area contributed by atoms with Crippen LogP contribution in [0, 0.1) is 11.2 Å². The lowest BCUT2D eigenvalue weighted by atomic mass is 9.72. The molecule has 26 heavy (non-hydrogen) atoms. The molecule has 0 amide bonds. The normalized spacial score (nSPS) is 23.7. The van der Waals surface area contributed by atoms with E-state index in [2.05, 4.69) is 9.88 Å². The third kappa shape index (κ3) is 4.08. The summed E-state index contributed by atoms with van der Waals surface area (Å²) in [5.41, 5.74) is 0.339. The summed E-state index contributed by atoms with van der Waals surface area (Å²) < 4.78 is 13.5. The highest BCUT2D eigenvalue weighted by molar-refractivity contribution is 5.76. The monoisotopic (exact) mass is 358 g/mol. The molecular weight excluding hydrogens is 335 g/mol. The average Bonchev–Trinajstić information content (AvgIpc) is 2.63. The van der Waals surface area contributed by atoms with E-state index in [0.29, 0.717) is 25.1 Å². The number of hydrogen-bond acceptors (Lipinski definition) is 4. The Bertz CT molecular complexity index is 756. The highest BCUT2D eigenvalue weighted by atomic mass is 19.1. The second-order valence-corrected chi connectivity index (χ2v) is 6.96. The number of aliphatic hydroxyl groups excluding tert-OH is 1. The molecular formula is C20H23FN2O3. The van der Waals surface area contributed by atoms with Crippen molar-refractivity contribution < 1.29 is 19.4 Å². The van der Waals surface area contributed by atoms with Crippen LogP contribution < -0.4 is 0 Å². The molecule has 6 heteroatoms. The number of nitrogens with zero attached hydrogens (tertiary/aromatic N) is 2. The van der Waals surface area contributed by atoms with Gasteiger partial charge in [0.15, 0.2) is 0 Å². The Kier molecular flexibility index (Phi) is 5.64. The maximum Gasteiger partial charge on any atom is 0.313 e. The van der Waals surface area contributed by atoms with Gasteiger partial charge in [-0.15, -0.1) is 0 Å². The van der Waals surface area contributed by atoms with Crippen molar-refractivity contribution >= 4 is 5.97 Å². The molecule has 1 aromatic carbocycles. The van der Waals surface area contributed by atoms with Crippen LogP contribution in [0.15, 0.2) is 48.8 Å². The number of rotatable bonds is 6. The Labute approximate surface area is 152 Å². The van der Waals surface area contributed by atoms with Gasteiger partial charge in [0.05, 0.1) is 6.10 Å². The minimum absolute atomic E-state index is 0.102. The molecule has 5 nitrogen and oxygen atoms in total. The fraction of sp³-hybridized carbons (Fsp3) is 0.400. The number of hydrogen-bond donors (Lipinski definition) is 2. The Morgan fingerprint density at radius 2 is 2.12 bits per heavy atom. The molecule has 2 N–H and O–H groups in total. The van der Waals surface area contributed by atoms with Crippen molar-refractivity contribution in [1.82, 2.24) is 9.88 Å². The van der Waals surface area contributed by atoms with Gasteiger partial charge < -0.3 is 15.1 Å². The second-order valence-electron chi connectivity index (χ2n) is 6.96. The summed E-state index contributed by atoms with van der Waals surface area (Å²) in [5, 5.41) is 20.4. The smallest absolute Gasteiger partial charge is 0.313 e. The third-order valence-corrected chi connectivity index (χ3v) is 5.14. The minimum atomic E-state index is -1.33. The number of carboxylic acids is 1. The van der Waals surface area contributed by atoms with Crippen LogP contribution in [0.5, 0.6) is 0 Å². The van der Waals surface area contributed by atoms with Crippen molar-refractivity contribution in [3.63, 3.8) is 0 Å². The zero-order valence-corrected chi connectivity index (χ0v) is 14.5. The lowest BCUT2D eigenvalue weighted by Crippen LogP contribution is -2.57. The molecule has 2 aromatic rings. The van der Waals surface area contributed by atoms with Crippen LogP contribution >= 0.6 is 0 Å². The van der Waals surface area contributed by atoms with Gasteiger partial charge in [0.1, 0.15) is 11.2 Å². The lowest BCUT2D eigenvalue weighted by molar-refractivity contribution is -0.163. The van der Waals surface area contributed by atoms with Gasteiger partial charge in [-0.2, -0.15) is 0 Å². The molecule has 1 fully saturated rings. The molecule has 3 rings (SSSR count). The molecule has 1 aliphatic heterocycles. The Morgan fingerprint density at radius 3 is 2.81 bits per heavy atom. The van der Waals surface area contributed by atoms with Gasteiger partial charge in [0.2, 0.25) is 0 Å². The average molecular weight is 358 g/mol. The fourth-order valence-corrected chi connectivity index (χ4v) is 3.66. The first-order chi connectivity index (χ1) is 12.5. The van der Waals surface area contributed by atoms with E-state index in [-0.39, 0.29) is 13.0 Å². The summed E-state index contributed by atoms with van der Waals surface area (Å²) in [6, 6.07) is 9.80. The lowest BCUT2D eigenvalue weighted by Gasteiger charge is -2.43. The van der Waals surface area contributed by atoms with Gasteiger partial charge in [0.25, 0.3) is 0 Å². The summed E-state index contributed by atoms with van der Waals surface area (Å²) in [5.74, 6) is -1.44. The van der Waals surface area contributed by atoms with Crippen LogP contribution in [-0.4, -0.2) is 51.8 Å². The largest absolute Gasteiger partial charge is 0.481 e. The van der Waals surface area contributed by atoms with Crippen molar-refractivity contribution in [3.8, 4) is 0 Å². The number of carbonyl (C=O) groups is 1. The molecule has 1 aliphatic rings. The molecule has 0 radical (unpaired) electrons. The Balaban J connectivity index is 1.75. The maximum atomic E-state index is 13.5. The van der Waals surface area contributed by atoms with Crippen LogP contribution in [0.2, 0.25) is 0 Å². The van der Waals surface area contributed by atoms with E-state index < -0.39 is 23.3 Å². The van der Waals surface area contributed by atoms with Crippen LogP contribution in [-0.2, 0) is 17.6 Å². The first-order valence-corrected chi connectivity index (χ1v) is 8.77. The molecule has 0 bridgehead atoms. The number of benzene rings is 1. The molecule has 0 spiro atoms. The first kappa shape index (κ1) is 18.5. The molecule has 0 saturated carbocycles. The standard InChI is InChI=1S/C20H23FN2O3/c21-17-5-1-3-16(11-17)12-20(19(25)26)14-23(10-7-18(20)24)9-6-15-4-2-8-22-13-15/h1-5,8,11,13,18,24H,6-7,9-10,12,14H2,(H,25,26)/t18-,20+/m0/s1. The number of likely N-dealkylation sites (tertiary alicyclic amines) is 1. The fourth-order valence-electron chi connectivity index (χ4n) is 3.66. The summed E-state index contributed by atoms with van der Waals surface area (Å²) >= 11 is 0. The molecule has 2 atom stereocenters. The van der Waals surface area contributed by atoms with Crippen molar-refractivity contribution in [2.24, 2.45) is 5.41 Å². The van der Waals surface area contributed by atoms with E-state index >= 15 is 0 Å². The van der Waals surface area contributed by atoms with Gasteiger partial charge in [0, 0.05) is 32.0 Å². The van der Waals surface area contributed by atoms with Gasteiger partial charge in [-0.05, 0) is 48.6 Å². The zero-order chi connectivity index (χ0) is 18.6. The number of carboxylic acid groups (broad SMARTS) is 1. The summed E-state index contributed by atoms with van der Waals surface area (Å²) in [7, 11) is 0. The molecule has 1 aromatic heterocycles. The summed E-state index contributed by atoms with van der Waals surface area (Å²) in [6.45, 7) is 1.57. The maximum absolute atomic E-state index is 13.5. The van der Waals surface area contributed by atoms with Crippen molar-refractivity contribution in [2.75, 3.05) is 19.6 Å². The molecule has 0 unspecified atom stereocenters. The predicted molar refractivity (Wildman–Crippen MR) is 95.2 cm³/mol.